The van der Waals surface area contributed by atoms with Crippen molar-refractivity contribution >= 4 is 17.6 Å². The molecule has 0 radical (unpaired) electrons. The maximum Gasteiger partial charge on any atom is 0.225 e. The van der Waals surface area contributed by atoms with Crippen LogP contribution in [0.1, 0.15) is 44.2 Å². The zero-order valence-corrected chi connectivity index (χ0v) is 19.1. The third kappa shape index (κ3) is 4.83. The molecular weight excluding hydrogens is 416 g/mol. The van der Waals surface area contributed by atoms with Gasteiger partial charge in [-0.1, -0.05) is 6.42 Å². The fourth-order valence-electron chi connectivity index (χ4n) is 5.21. The van der Waals surface area contributed by atoms with Crippen LogP contribution in [0.25, 0.3) is 11.3 Å². The van der Waals surface area contributed by atoms with Crippen LogP contribution in [-0.2, 0) is 7.05 Å². The van der Waals surface area contributed by atoms with Crippen molar-refractivity contribution in [3.8, 4) is 17.3 Å². The predicted molar refractivity (Wildman–Crippen MR) is 126 cm³/mol. The van der Waals surface area contributed by atoms with E-state index in [-0.39, 0.29) is 0 Å². The normalized spacial score (nSPS) is 22.6. The lowest BCUT2D eigenvalue weighted by molar-refractivity contribution is 0.0369. The quantitative estimate of drug-likeness (QED) is 0.505. The van der Waals surface area contributed by atoms with Crippen LogP contribution in [0.5, 0.6) is 0 Å². The Morgan fingerprint density at radius 2 is 2.00 bits per heavy atom. The molecule has 0 aromatic carbocycles. The molecule has 3 aromatic heterocycles. The molecular formula is C23H30N10. The smallest absolute Gasteiger partial charge is 0.225 e. The average molecular weight is 447 g/mol. The number of hydrogen-bond acceptors (Lipinski definition) is 8. The highest BCUT2D eigenvalue weighted by molar-refractivity contribution is 5.65. The summed E-state index contributed by atoms with van der Waals surface area (Å²) in [6.45, 7) is 2.84. The number of piperidine rings is 2. The number of fused-ring (bicyclic) bond motifs is 2. The molecule has 2 aliphatic heterocycles. The second-order valence-electron chi connectivity index (χ2n) is 9.12. The second-order valence-corrected chi connectivity index (χ2v) is 9.12. The Balaban J connectivity index is 1.38. The minimum atomic E-state index is 0.309. The summed E-state index contributed by atoms with van der Waals surface area (Å²) in [6, 6.07) is 7.53. The van der Waals surface area contributed by atoms with E-state index < -0.39 is 0 Å². The highest BCUT2D eigenvalue weighted by atomic mass is 15.3. The number of aromatic nitrogens is 6. The number of rotatable bonds is 7. The van der Waals surface area contributed by atoms with Crippen LogP contribution in [0.2, 0.25) is 0 Å². The van der Waals surface area contributed by atoms with E-state index in [2.05, 4.69) is 36.9 Å². The predicted octanol–water partition coefficient (Wildman–Crippen LogP) is 3.36. The molecule has 0 saturated carbocycles. The summed E-state index contributed by atoms with van der Waals surface area (Å²) >= 11 is 0. The average Bonchev–Trinajstić information content (AvgIpc) is 3.40. The molecule has 2 aliphatic rings. The Kier molecular flexibility index (Phi) is 5.96. The van der Waals surface area contributed by atoms with E-state index in [1.165, 1.54) is 19.3 Å². The van der Waals surface area contributed by atoms with Crippen LogP contribution in [0.4, 0.5) is 17.6 Å². The summed E-state index contributed by atoms with van der Waals surface area (Å²) in [5, 5.41) is 27.5. The van der Waals surface area contributed by atoms with Crippen molar-refractivity contribution in [3.05, 3.63) is 30.2 Å². The molecule has 0 spiro atoms. The lowest BCUT2D eigenvalue weighted by Gasteiger charge is -2.48. The summed E-state index contributed by atoms with van der Waals surface area (Å²) in [5.41, 5.74) is 2.72. The van der Waals surface area contributed by atoms with E-state index in [1.807, 2.05) is 38.5 Å². The molecule has 10 heteroatoms. The van der Waals surface area contributed by atoms with Crippen LogP contribution < -0.4 is 10.6 Å². The van der Waals surface area contributed by atoms with Gasteiger partial charge >= 0.3 is 0 Å². The topological polar surface area (TPSA) is 123 Å². The van der Waals surface area contributed by atoms with E-state index in [4.69, 9.17) is 15.2 Å². The zero-order valence-electron chi connectivity index (χ0n) is 19.1. The van der Waals surface area contributed by atoms with Crippen molar-refractivity contribution in [1.29, 1.82) is 5.26 Å². The molecule has 2 fully saturated rings. The number of aromatic amines is 1. The van der Waals surface area contributed by atoms with Crippen LogP contribution in [-0.4, -0.2) is 59.5 Å². The van der Waals surface area contributed by atoms with Crippen molar-refractivity contribution in [2.75, 3.05) is 17.2 Å². The summed E-state index contributed by atoms with van der Waals surface area (Å²) < 4.78 is 1.77. The maximum absolute atomic E-state index is 9.04. The van der Waals surface area contributed by atoms with E-state index in [9.17, 15) is 0 Å². The number of H-pyrrole nitrogens is 1. The lowest BCUT2D eigenvalue weighted by atomic mass is 9.81. The number of nitrogens with zero attached hydrogens (tertiary/aromatic N) is 7. The fraction of sp³-hybridized carbons (Fsp3) is 0.522. The molecule has 5 rings (SSSR count). The minimum Gasteiger partial charge on any atom is -0.351 e. The highest BCUT2D eigenvalue weighted by Gasteiger charge is 2.38. The number of nitriles is 1. The minimum absolute atomic E-state index is 0.309. The van der Waals surface area contributed by atoms with Crippen molar-refractivity contribution in [1.82, 2.24) is 34.8 Å². The summed E-state index contributed by atoms with van der Waals surface area (Å²) in [5.74, 6) is 2.01. The summed E-state index contributed by atoms with van der Waals surface area (Å²) in [6.07, 6.45) is 10.1. The van der Waals surface area contributed by atoms with Gasteiger partial charge in [0, 0.05) is 67.7 Å². The number of anilines is 3. The van der Waals surface area contributed by atoms with E-state index in [1.54, 1.807) is 4.68 Å². The molecule has 3 aromatic rings. The molecule has 33 heavy (non-hydrogen) atoms. The maximum atomic E-state index is 9.04. The van der Waals surface area contributed by atoms with Gasteiger partial charge in [0.15, 0.2) is 5.82 Å². The van der Waals surface area contributed by atoms with Crippen LogP contribution in [0.3, 0.4) is 0 Å². The molecule has 2 bridgehead atoms. The number of hydrogen-bond donors (Lipinski definition) is 3. The molecule has 0 amide bonds. The van der Waals surface area contributed by atoms with Gasteiger partial charge in [-0.15, -0.1) is 0 Å². The summed E-state index contributed by atoms with van der Waals surface area (Å²) in [4.78, 5) is 12.1. The van der Waals surface area contributed by atoms with E-state index in [0.717, 1.165) is 42.2 Å². The largest absolute Gasteiger partial charge is 0.351 e. The number of aryl methyl sites for hydroxylation is 2. The van der Waals surface area contributed by atoms with Crippen molar-refractivity contribution in [2.24, 2.45) is 7.05 Å². The molecule has 5 heterocycles. The molecule has 10 nitrogen and oxygen atoms in total. The van der Waals surface area contributed by atoms with E-state index in [0.29, 0.717) is 36.3 Å². The van der Waals surface area contributed by atoms with Gasteiger partial charge in [-0.3, -0.25) is 14.7 Å². The van der Waals surface area contributed by atoms with Crippen molar-refractivity contribution in [2.45, 2.75) is 63.6 Å². The first kappa shape index (κ1) is 21.4. The molecule has 2 saturated heterocycles. The van der Waals surface area contributed by atoms with Crippen LogP contribution >= 0.6 is 0 Å². The van der Waals surface area contributed by atoms with Crippen LogP contribution in [0, 0.1) is 18.3 Å². The molecule has 3 N–H and O–H groups in total. The molecule has 2 unspecified atom stereocenters. The molecule has 2 atom stereocenters. The van der Waals surface area contributed by atoms with Crippen molar-refractivity contribution < 1.29 is 0 Å². The first-order valence-corrected chi connectivity index (χ1v) is 11.6. The Labute approximate surface area is 193 Å². The van der Waals surface area contributed by atoms with Gasteiger partial charge in [-0.2, -0.15) is 20.4 Å². The van der Waals surface area contributed by atoms with Gasteiger partial charge in [-0.25, -0.2) is 4.98 Å². The first-order valence-electron chi connectivity index (χ1n) is 11.6. The van der Waals surface area contributed by atoms with Gasteiger partial charge < -0.3 is 10.6 Å². The Morgan fingerprint density at radius 1 is 1.18 bits per heavy atom. The Bertz CT molecular complexity index is 1130. The molecule has 0 aliphatic carbocycles. The highest BCUT2D eigenvalue weighted by Crippen LogP contribution is 2.35. The standard InChI is InChI=1S/C23H30N10/c1-15-9-22(31-30-15)28-21-12-20(16-13-25-32(2)14-16)27-23(29-21)26-17-10-18-5-3-6-19(11-17)33(18)8-4-7-24/h9,12-14,17-19H,3-6,8,10-11H2,1-2H3,(H3,26,27,28,29,30,31). The lowest BCUT2D eigenvalue weighted by Crippen LogP contribution is -2.55. The van der Waals surface area contributed by atoms with Crippen LogP contribution in [0.15, 0.2) is 24.5 Å². The number of nitrogens with one attached hydrogen (secondary N) is 3. The summed E-state index contributed by atoms with van der Waals surface area (Å²) in [7, 11) is 1.90. The van der Waals surface area contributed by atoms with Crippen molar-refractivity contribution in [3.63, 3.8) is 0 Å². The SMILES string of the molecule is Cc1cc(Nc2cc(-c3cnn(C)c3)nc(NC3CC4CCCC(C3)N4CCC#N)n2)n[nH]1. The molecule has 172 valence electrons. The van der Waals surface area contributed by atoms with Gasteiger partial charge in [-0.05, 0) is 32.6 Å². The first-order chi connectivity index (χ1) is 16.1. The third-order valence-corrected chi connectivity index (χ3v) is 6.63. The monoisotopic (exact) mass is 446 g/mol. The van der Waals surface area contributed by atoms with Gasteiger partial charge in [0.05, 0.1) is 18.0 Å². The van der Waals surface area contributed by atoms with E-state index >= 15 is 0 Å². The third-order valence-electron chi connectivity index (χ3n) is 6.63. The second kappa shape index (κ2) is 9.19. The van der Waals surface area contributed by atoms with Gasteiger partial charge in [0.2, 0.25) is 5.95 Å². The zero-order chi connectivity index (χ0) is 22.8. The van der Waals surface area contributed by atoms with Gasteiger partial charge in [0.25, 0.3) is 0 Å². The fourth-order valence-corrected chi connectivity index (χ4v) is 5.21. The van der Waals surface area contributed by atoms with Gasteiger partial charge in [0.1, 0.15) is 5.82 Å². The Morgan fingerprint density at radius 3 is 2.67 bits per heavy atom. The Hall–Kier alpha value is -3.45.